The Bertz CT molecular complexity index is 1040. The third kappa shape index (κ3) is 4.02. The van der Waals surface area contributed by atoms with E-state index in [-0.39, 0.29) is 17.7 Å². The molecule has 0 saturated carbocycles. The van der Waals surface area contributed by atoms with Crippen LogP contribution in [0.3, 0.4) is 0 Å². The van der Waals surface area contributed by atoms with Gasteiger partial charge in [0.15, 0.2) is 0 Å². The number of hydrogen-bond donors (Lipinski definition) is 2. The number of para-hydroxylation sites is 1. The van der Waals surface area contributed by atoms with Gasteiger partial charge in [-0.3, -0.25) is 4.79 Å². The van der Waals surface area contributed by atoms with Crippen LogP contribution in [-0.4, -0.2) is 17.4 Å². The van der Waals surface area contributed by atoms with Crippen molar-refractivity contribution >= 4 is 28.1 Å². The Hall–Kier alpha value is -2.85. The van der Waals surface area contributed by atoms with E-state index in [0.717, 1.165) is 5.52 Å². The first-order valence-electron chi connectivity index (χ1n) is 9.63. The second-order valence-electron chi connectivity index (χ2n) is 7.18. The molecule has 28 heavy (non-hydrogen) atoms. The predicted molar refractivity (Wildman–Crippen MR) is 117 cm³/mol. The van der Waals surface area contributed by atoms with Gasteiger partial charge in [0.2, 0.25) is 5.91 Å². The number of carbonyl (C=O) groups excluding carboxylic acids is 1. The highest BCUT2D eigenvalue weighted by Crippen LogP contribution is 2.33. The van der Waals surface area contributed by atoms with E-state index in [0.29, 0.717) is 13.0 Å². The van der Waals surface area contributed by atoms with E-state index in [2.05, 4.69) is 71.3 Å². The zero-order chi connectivity index (χ0) is 19.3. The fourth-order valence-electron chi connectivity index (χ4n) is 3.70. The van der Waals surface area contributed by atoms with Gasteiger partial charge >= 0.3 is 0 Å². The average Bonchev–Trinajstić information content (AvgIpc) is 3.40. The third-order valence-electron chi connectivity index (χ3n) is 5.25. The first-order chi connectivity index (χ1) is 13.7. The standard InChI is InChI=1S/C24H24N2OS/c1-17(18-8-3-2-4-9-18)14-24(27)26-16-21(23-12-7-13-28-23)20-15-25-22-11-6-5-10-19(20)22/h2-13,15,17,21,25H,14,16H2,1H3,(H,26,27)/t17-,21-/m1/s1. The molecule has 0 saturated heterocycles. The third-order valence-corrected chi connectivity index (χ3v) is 6.23. The molecule has 4 aromatic rings. The Morgan fingerprint density at radius 3 is 2.61 bits per heavy atom. The molecule has 2 N–H and O–H groups in total. The number of fused-ring (bicyclic) bond motifs is 1. The molecule has 2 heterocycles. The summed E-state index contributed by atoms with van der Waals surface area (Å²) in [5.74, 6) is 0.444. The van der Waals surface area contributed by atoms with Gasteiger partial charge in [0.1, 0.15) is 0 Å². The van der Waals surface area contributed by atoms with Crippen LogP contribution in [0.1, 0.15) is 41.2 Å². The van der Waals surface area contributed by atoms with Gasteiger partial charge in [-0.15, -0.1) is 11.3 Å². The fraction of sp³-hybridized carbons (Fsp3) is 0.208. The number of H-pyrrole nitrogens is 1. The van der Waals surface area contributed by atoms with Gasteiger partial charge in [0.05, 0.1) is 0 Å². The van der Waals surface area contributed by atoms with Crippen molar-refractivity contribution in [2.45, 2.75) is 25.2 Å². The zero-order valence-corrected chi connectivity index (χ0v) is 16.7. The van der Waals surface area contributed by atoms with Gasteiger partial charge in [0.25, 0.3) is 0 Å². The molecule has 2 aromatic heterocycles. The number of benzene rings is 2. The van der Waals surface area contributed by atoms with E-state index in [9.17, 15) is 4.79 Å². The van der Waals surface area contributed by atoms with Crippen molar-refractivity contribution in [3.63, 3.8) is 0 Å². The van der Waals surface area contributed by atoms with Gasteiger partial charge in [-0.25, -0.2) is 0 Å². The van der Waals surface area contributed by atoms with Gasteiger partial charge in [0, 0.05) is 40.9 Å². The molecule has 3 nitrogen and oxygen atoms in total. The van der Waals surface area contributed by atoms with E-state index in [1.807, 2.05) is 24.3 Å². The number of amides is 1. The SMILES string of the molecule is C[C@H](CC(=O)NC[C@@H](c1cccs1)c1c[nH]c2ccccc12)c1ccccc1. The summed E-state index contributed by atoms with van der Waals surface area (Å²) in [6, 6.07) is 22.8. The number of nitrogens with one attached hydrogen (secondary N) is 2. The van der Waals surface area contributed by atoms with Crippen LogP contribution in [0.4, 0.5) is 0 Å². The van der Waals surface area contributed by atoms with Crippen LogP contribution in [0.15, 0.2) is 78.3 Å². The van der Waals surface area contributed by atoms with Crippen LogP contribution in [0.5, 0.6) is 0 Å². The molecule has 2 atom stereocenters. The summed E-state index contributed by atoms with van der Waals surface area (Å²) in [5.41, 5.74) is 3.56. The number of aromatic nitrogens is 1. The molecule has 0 spiro atoms. The quantitative estimate of drug-likeness (QED) is 0.421. The number of carbonyl (C=O) groups is 1. The molecule has 0 aliphatic rings. The van der Waals surface area contributed by atoms with Gasteiger partial charge in [-0.1, -0.05) is 61.5 Å². The average molecular weight is 389 g/mol. The monoisotopic (exact) mass is 388 g/mol. The highest BCUT2D eigenvalue weighted by Gasteiger charge is 2.20. The maximum atomic E-state index is 12.6. The minimum absolute atomic E-state index is 0.0951. The number of rotatable bonds is 7. The summed E-state index contributed by atoms with van der Waals surface area (Å²) < 4.78 is 0. The smallest absolute Gasteiger partial charge is 0.220 e. The molecule has 0 aliphatic heterocycles. The zero-order valence-electron chi connectivity index (χ0n) is 15.9. The lowest BCUT2D eigenvalue weighted by Crippen LogP contribution is -2.29. The summed E-state index contributed by atoms with van der Waals surface area (Å²) in [6.45, 7) is 2.70. The first kappa shape index (κ1) is 18.5. The summed E-state index contributed by atoms with van der Waals surface area (Å²) in [7, 11) is 0. The van der Waals surface area contributed by atoms with Crippen molar-refractivity contribution in [1.29, 1.82) is 0 Å². The topological polar surface area (TPSA) is 44.9 Å². The summed E-state index contributed by atoms with van der Waals surface area (Å²) >= 11 is 1.74. The maximum Gasteiger partial charge on any atom is 0.220 e. The van der Waals surface area contributed by atoms with Crippen molar-refractivity contribution in [1.82, 2.24) is 10.3 Å². The second kappa shape index (κ2) is 8.44. The highest BCUT2D eigenvalue weighted by atomic mass is 32.1. The highest BCUT2D eigenvalue weighted by molar-refractivity contribution is 7.10. The Morgan fingerprint density at radius 2 is 1.82 bits per heavy atom. The van der Waals surface area contributed by atoms with Crippen LogP contribution in [0, 0.1) is 0 Å². The molecular formula is C24H24N2OS. The molecule has 0 fully saturated rings. The van der Waals surface area contributed by atoms with E-state index in [1.54, 1.807) is 11.3 Å². The van der Waals surface area contributed by atoms with Crippen molar-refractivity contribution in [2.24, 2.45) is 0 Å². The molecule has 4 heteroatoms. The number of aromatic amines is 1. The van der Waals surface area contributed by atoms with Crippen molar-refractivity contribution in [3.05, 3.63) is 94.3 Å². The molecule has 4 rings (SSSR count). The Balaban J connectivity index is 1.49. The van der Waals surface area contributed by atoms with Gasteiger partial charge in [-0.2, -0.15) is 0 Å². The number of hydrogen-bond acceptors (Lipinski definition) is 2. The largest absolute Gasteiger partial charge is 0.361 e. The van der Waals surface area contributed by atoms with Gasteiger partial charge in [-0.05, 0) is 34.6 Å². The van der Waals surface area contributed by atoms with E-state index >= 15 is 0 Å². The van der Waals surface area contributed by atoms with Crippen molar-refractivity contribution < 1.29 is 4.79 Å². The molecule has 1 amide bonds. The minimum Gasteiger partial charge on any atom is -0.361 e. The van der Waals surface area contributed by atoms with Crippen LogP contribution >= 0.6 is 11.3 Å². The molecule has 142 valence electrons. The minimum atomic E-state index is 0.0951. The number of thiophene rings is 1. The lowest BCUT2D eigenvalue weighted by atomic mass is 9.95. The van der Waals surface area contributed by atoms with E-state index < -0.39 is 0 Å². The predicted octanol–water partition coefficient (Wildman–Crippen LogP) is 5.67. The van der Waals surface area contributed by atoms with E-state index in [1.165, 1.54) is 21.4 Å². The fourth-order valence-corrected chi connectivity index (χ4v) is 4.55. The van der Waals surface area contributed by atoms with Crippen LogP contribution in [-0.2, 0) is 4.79 Å². The lowest BCUT2D eigenvalue weighted by Gasteiger charge is -2.18. The molecule has 0 radical (unpaired) electrons. The second-order valence-corrected chi connectivity index (χ2v) is 8.16. The molecule has 2 aromatic carbocycles. The Morgan fingerprint density at radius 1 is 1.04 bits per heavy atom. The summed E-state index contributed by atoms with van der Waals surface area (Å²) in [4.78, 5) is 17.2. The van der Waals surface area contributed by atoms with Gasteiger partial charge < -0.3 is 10.3 Å². The van der Waals surface area contributed by atoms with Crippen LogP contribution < -0.4 is 5.32 Å². The maximum absolute atomic E-state index is 12.6. The molecular weight excluding hydrogens is 364 g/mol. The first-order valence-corrected chi connectivity index (χ1v) is 10.5. The molecule has 0 aliphatic carbocycles. The van der Waals surface area contributed by atoms with Crippen LogP contribution in [0.25, 0.3) is 10.9 Å². The van der Waals surface area contributed by atoms with E-state index in [4.69, 9.17) is 0 Å². The summed E-state index contributed by atoms with van der Waals surface area (Å²) in [5, 5.41) is 6.49. The Labute approximate surface area is 169 Å². The van der Waals surface area contributed by atoms with Crippen molar-refractivity contribution in [3.8, 4) is 0 Å². The summed E-state index contributed by atoms with van der Waals surface area (Å²) in [6.07, 6.45) is 2.57. The van der Waals surface area contributed by atoms with Crippen LogP contribution in [0.2, 0.25) is 0 Å². The molecule has 0 unspecified atom stereocenters. The molecule has 0 bridgehead atoms. The van der Waals surface area contributed by atoms with Crippen molar-refractivity contribution in [2.75, 3.05) is 6.54 Å². The lowest BCUT2D eigenvalue weighted by molar-refractivity contribution is -0.121. The Kier molecular flexibility index (Phi) is 5.58. The normalized spacial score (nSPS) is 13.3.